The molecule has 0 saturated heterocycles. The van der Waals surface area contributed by atoms with Gasteiger partial charge in [-0.3, -0.25) is 0 Å². The molecule has 0 aliphatic carbocycles. The van der Waals surface area contributed by atoms with Crippen LogP contribution in [-0.4, -0.2) is 3.21 Å². The van der Waals surface area contributed by atoms with E-state index in [0.29, 0.717) is 0 Å². The van der Waals surface area contributed by atoms with Crippen molar-refractivity contribution in [2.24, 2.45) is 11.8 Å². The van der Waals surface area contributed by atoms with E-state index in [4.69, 9.17) is 0 Å². The predicted octanol–water partition coefficient (Wildman–Crippen LogP) is 4.32. The second-order valence-electron chi connectivity index (χ2n) is 11.3. The molecule has 0 bridgehead atoms. The summed E-state index contributed by atoms with van der Waals surface area (Å²) in [4.78, 5) is 0. The summed E-state index contributed by atoms with van der Waals surface area (Å²) >= 11 is 1.46. The molecule has 216 valence electrons. The molecule has 0 aliphatic rings. The number of fused-ring (bicyclic) bond motifs is 2. The normalized spacial score (nSPS) is 10.3. The van der Waals surface area contributed by atoms with Crippen molar-refractivity contribution in [3.05, 3.63) is 156 Å². The Bertz CT molecular complexity index is 1420. The molecule has 0 saturated carbocycles. The average molecular weight is 671 g/mol. The van der Waals surface area contributed by atoms with Gasteiger partial charge in [0, 0.05) is 0 Å². The summed E-state index contributed by atoms with van der Waals surface area (Å²) < 4.78 is 1.42. The van der Waals surface area contributed by atoms with Crippen LogP contribution in [0.15, 0.2) is 133 Å². The third kappa shape index (κ3) is 10.9. The molecular weight excluding hydrogens is 631 g/mol. The molecule has 0 nitrogen and oxygen atoms in total. The Hall–Kier alpha value is -2.57. The first-order chi connectivity index (χ1) is 19.4. The van der Waals surface area contributed by atoms with Gasteiger partial charge in [0.15, 0.2) is 0 Å². The van der Waals surface area contributed by atoms with Gasteiger partial charge < -0.3 is 24.8 Å². The summed E-state index contributed by atoms with van der Waals surface area (Å²) in [5, 5.41) is 5.49. The summed E-state index contributed by atoms with van der Waals surface area (Å²) in [5.74, 6) is 1.49. The molecule has 6 aromatic carbocycles. The van der Waals surface area contributed by atoms with Crippen LogP contribution < -0.4 is 24.8 Å². The van der Waals surface area contributed by atoms with Crippen molar-refractivity contribution < 1.29 is 49.0 Å². The van der Waals surface area contributed by atoms with Crippen molar-refractivity contribution in [1.82, 2.24) is 0 Å². The van der Waals surface area contributed by atoms with Gasteiger partial charge in [0.05, 0.1) is 0 Å². The van der Waals surface area contributed by atoms with Crippen LogP contribution in [0.4, 0.5) is 0 Å². The van der Waals surface area contributed by atoms with E-state index < -0.39 is 0 Å². The summed E-state index contributed by atoms with van der Waals surface area (Å²) in [6.07, 6.45) is 2.38. The SMILES string of the molecule is CC(C)Cc1cc2ccccc2[cH-]1.CC(C)Cc1cc2ccccc2[cH-]1.[Cl-].[Cl-].[Zr+2]=[C](c1ccccc1)c1ccccc1. The van der Waals surface area contributed by atoms with Gasteiger partial charge in [0.25, 0.3) is 0 Å². The Morgan fingerprint density at radius 2 is 0.857 bits per heavy atom. The summed E-state index contributed by atoms with van der Waals surface area (Å²) in [7, 11) is 0. The van der Waals surface area contributed by atoms with E-state index in [1.54, 1.807) is 0 Å². The van der Waals surface area contributed by atoms with Crippen molar-refractivity contribution >= 4 is 24.8 Å². The number of benzene rings is 4. The molecule has 0 fully saturated rings. The van der Waals surface area contributed by atoms with Crippen LogP contribution in [0.5, 0.6) is 0 Å². The Balaban J connectivity index is 0.000000215. The molecule has 0 spiro atoms. The zero-order valence-corrected chi connectivity index (χ0v) is 29.0. The molecule has 0 N–H and O–H groups in total. The Labute approximate surface area is 280 Å². The molecule has 0 atom stereocenters. The molecule has 0 aliphatic heterocycles. The summed E-state index contributed by atoms with van der Waals surface area (Å²) in [6.45, 7) is 9.05. The van der Waals surface area contributed by atoms with Gasteiger partial charge >= 0.3 is 99.2 Å². The third-order valence-corrected chi connectivity index (χ3v) is 8.19. The Morgan fingerprint density at radius 1 is 0.524 bits per heavy atom. The molecule has 0 amide bonds. The van der Waals surface area contributed by atoms with Crippen molar-refractivity contribution in [2.75, 3.05) is 0 Å². The maximum absolute atomic E-state index is 2.30. The van der Waals surface area contributed by atoms with Crippen LogP contribution in [0.25, 0.3) is 21.5 Å². The molecule has 6 aromatic rings. The van der Waals surface area contributed by atoms with Gasteiger partial charge in [0.2, 0.25) is 0 Å². The predicted molar refractivity (Wildman–Crippen MR) is 172 cm³/mol. The molecule has 0 aromatic heterocycles. The Morgan fingerprint density at radius 3 is 1.19 bits per heavy atom. The van der Waals surface area contributed by atoms with Crippen LogP contribution in [0, 0.1) is 11.8 Å². The fourth-order valence-electron chi connectivity index (χ4n) is 4.98. The van der Waals surface area contributed by atoms with Crippen molar-refractivity contribution in [1.29, 1.82) is 0 Å². The van der Waals surface area contributed by atoms with Crippen molar-refractivity contribution in [2.45, 2.75) is 40.5 Å². The van der Waals surface area contributed by atoms with Crippen molar-refractivity contribution in [3.8, 4) is 0 Å². The van der Waals surface area contributed by atoms with E-state index in [9.17, 15) is 0 Å². The van der Waals surface area contributed by atoms with Gasteiger partial charge in [-0.15, -0.1) is 81.2 Å². The quantitative estimate of drug-likeness (QED) is 0.232. The van der Waals surface area contributed by atoms with Gasteiger partial charge in [-0.25, -0.2) is 0 Å². The van der Waals surface area contributed by atoms with Crippen LogP contribution >= 0.6 is 0 Å². The monoisotopic (exact) mass is 668 g/mol. The first kappa shape index (κ1) is 35.6. The second-order valence-corrected chi connectivity index (χ2v) is 12.5. The summed E-state index contributed by atoms with van der Waals surface area (Å²) in [5.41, 5.74) is 5.60. The standard InChI is InChI=1S/2C13H15.C13H10.2ClH.Zr/c2*1-10(2)7-11-8-12-5-3-4-6-13(12)9-11;1-3-7-12(8-4-1)11-13-9-5-2-6-10-13;;;/h2*3-6,8-10H,7H2,1-2H3;1-10H;2*1H;/q2*-1;;;;+2/p-2. The molecule has 3 heteroatoms. The second kappa shape index (κ2) is 18.2. The van der Waals surface area contributed by atoms with Crippen LogP contribution in [-0.2, 0) is 37.1 Å². The first-order valence-corrected chi connectivity index (χ1v) is 15.6. The van der Waals surface area contributed by atoms with Gasteiger partial charge in [-0.1, -0.05) is 39.8 Å². The van der Waals surface area contributed by atoms with Crippen molar-refractivity contribution in [3.63, 3.8) is 0 Å². The van der Waals surface area contributed by atoms with E-state index >= 15 is 0 Å². The van der Waals surface area contributed by atoms with Crippen LogP contribution in [0.1, 0.15) is 49.9 Å². The third-order valence-electron chi connectivity index (χ3n) is 6.77. The zero-order chi connectivity index (χ0) is 28.3. The van der Waals surface area contributed by atoms with E-state index in [2.05, 4.69) is 161 Å². The molecule has 0 heterocycles. The topological polar surface area (TPSA) is 0 Å². The molecular formula is C39H40Cl2Zr-2. The van der Waals surface area contributed by atoms with Crippen LogP contribution in [0.3, 0.4) is 0 Å². The minimum absolute atomic E-state index is 0. The molecule has 0 unspecified atom stereocenters. The molecule has 42 heavy (non-hydrogen) atoms. The van der Waals surface area contributed by atoms with Gasteiger partial charge in [-0.2, -0.15) is 12.1 Å². The van der Waals surface area contributed by atoms with Gasteiger partial charge in [0.1, 0.15) is 0 Å². The van der Waals surface area contributed by atoms with E-state index in [-0.39, 0.29) is 24.8 Å². The number of halogens is 2. The zero-order valence-electron chi connectivity index (χ0n) is 25.0. The molecule has 0 radical (unpaired) electrons. The van der Waals surface area contributed by atoms with Crippen LogP contribution in [0.2, 0.25) is 0 Å². The minimum atomic E-state index is 0. The first-order valence-electron chi connectivity index (χ1n) is 14.4. The average Bonchev–Trinajstić information content (AvgIpc) is 3.56. The number of hydrogen-bond acceptors (Lipinski definition) is 0. The fraction of sp³-hybridized carbons (Fsp3) is 0.205. The maximum atomic E-state index is 2.30. The van der Waals surface area contributed by atoms with E-state index in [1.807, 2.05) is 0 Å². The summed E-state index contributed by atoms with van der Waals surface area (Å²) in [6, 6.07) is 47.4. The number of hydrogen-bond donors (Lipinski definition) is 0. The molecule has 6 rings (SSSR count). The fourth-order valence-corrected chi connectivity index (χ4v) is 5.80. The van der Waals surface area contributed by atoms with Gasteiger partial charge in [-0.05, 0) is 24.7 Å². The number of rotatable bonds is 6. The van der Waals surface area contributed by atoms with E-state index in [0.717, 1.165) is 11.8 Å². The van der Waals surface area contributed by atoms with E-state index in [1.165, 1.54) is 84.1 Å². The Kier molecular flexibility index (Phi) is 15.4.